The highest BCUT2D eigenvalue weighted by molar-refractivity contribution is 6.00. The molecule has 0 aliphatic carbocycles. The highest BCUT2D eigenvalue weighted by atomic mass is 16.3. The number of allylic oxidation sites excluding steroid dienone is 2. The van der Waals surface area contributed by atoms with Crippen molar-refractivity contribution in [2.75, 3.05) is 62.4 Å². The van der Waals surface area contributed by atoms with Gasteiger partial charge in [-0.05, 0) is 107 Å². The first-order valence-electron chi connectivity index (χ1n) is 31.7. The van der Waals surface area contributed by atoms with E-state index in [1.807, 2.05) is 61.5 Å². The second-order valence-corrected chi connectivity index (χ2v) is 27.1. The van der Waals surface area contributed by atoms with Gasteiger partial charge in [0.05, 0.1) is 12.6 Å². The highest BCUT2D eigenvalue weighted by Gasteiger charge is 2.47. The van der Waals surface area contributed by atoms with Crippen molar-refractivity contribution in [3.05, 3.63) is 12.2 Å². The maximum Gasteiger partial charge on any atom is 0.246 e. The number of likely N-dealkylation sites (N-methyl/N-ethyl adjacent to an activating group) is 7. The lowest BCUT2D eigenvalue weighted by Crippen LogP contribution is -2.63. The van der Waals surface area contributed by atoms with Crippen LogP contribution in [0.1, 0.15) is 162 Å². The third-order valence-corrected chi connectivity index (χ3v) is 17.1. The molecule has 0 spiro atoms. The molecule has 2 saturated heterocycles. The Morgan fingerprint density at radius 1 is 0.506 bits per heavy atom. The number of aliphatic hydroxyl groups excluding tert-OH is 1. The van der Waals surface area contributed by atoms with E-state index >= 15 is 14.4 Å². The third kappa shape index (κ3) is 20.5. The van der Waals surface area contributed by atoms with Crippen LogP contribution >= 0.6 is 0 Å². The van der Waals surface area contributed by atoms with Gasteiger partial charge in [-0.1, -0.05) is 109 Å². The monoisotopic (exact) mass is 1230 g/mol. The van der Waals surface area contributed by atoms with Gasteiger partial charge in [-0.15, -0.1) is 0 Å². The summed E-state index contributed by atoms with van der Waals surface area (Å²) in [5.74, 6) is -9.20. The molecule has 4 N–H and O–H groups in total. The molecule has 0 aromatic rings. The van der Waals surface area contributed by atoms with Crippen LogP contribution in [0.25, 0.3) is 0 Å². The van der Waals surface area contributed by atoms with Crippen LogP contribution in [0, 0.1) is 41.4 Å². The van der Waals surface area contributed by atoms with Gasteiger partial charge in [-0.2, -0.15) is 0 Å². The van der Waals surface area contributed by atoms with Crippen molar-refractivity contribution in [3.8, 4) is 0 Å². The van der Waals surface area contributed by atoms with Crippen LogP contribution < -0.4 is 16.0 Å². The summed E-state index contributed by atoms with van der Waals surface area (Å²) in [6.45, 7) is 28.4. The van der Waals surface area contributed by atoms with E-state index < -0.39 is 156 Å². The van der Waals surface area contributed by atoms with E-state index in [2.05, 4.69) is 16.0 Å². The minimum Gasteiger partial charge on any atom is -0.390 e. The lowest BCUT2D eigenvalue weighted by Gasteiger charge is -2.41. The van der Waals surface area contributed by atoms with E-state index in [1.54, 1.807) is 54.5 Å². The summed E-state index contributed by atoms with van der Waals surface area (Å²) in [6.07, 6.45) is 3.85. The number of aliphatic hydroxyl groups is 1. The van der Waals surface area contributed by atoms with Gasteiger partial charge in [0.25, 0.3) is 0 Å². The molecule has 23 nitrogen and oxygen atoms in total. The Hall–Kier alpha value is -6.13. The summed E-state index contributed by atoms with van der Waals surface area (Å²) in [6, 6.07) is -12.0. The predicted octanol–water partition coefficient (Wildman–Crippen LogP) is 3.76. The molecule has 0 bridgehead atoms. The maximum absolute atomic E-state index is 15.2. The standard InChI is InChI=1S/C64H113N11O12/c1-24-26-28-42(15)54(77)53-57(80)66-44(25-2)59(82)68(17)35-50(76)69(18)46(31-36(3)4)56(79)67-51(40(11)12)63(86)70(19)47(32-37(5)6)55(78)65-43(16)58(81)75-30-27-29-45(75)60(83)71(20)48(33-38(7)8)61(84)72(21)49(34-39(9)10)62(85)73(22)52(41(13)14)64(87)74(53)23/h24,26,36-49,51-54,77H,25,27-35H2,1-23H3,(H,65,78)(H,66,80)(H,67,79)/b26-24+/t42?,43-,44-,45+,46-,47-,48-,49-,51-,52-,53-,54?/m0/s1. The summed E-state index contributed by atoms with van der Waals surface area (Å²) in [5, 5.41) is 20.6. The van der Waals surface area contributed by atoms with E-state index in [4.69, 9.17) is 0 Å². The SMILES string of the molecule is C/C=C/CC(C)C(O)[C@H]1C(=O)N[C@@H](CC)C(=O)N(C)CC(=O)N(C)[C@@H](CC(C)C)C(=O)N[C@@H](C(C)C)C(=O)N(C)[C@@H](CC(C)C)C(=O)N[C@@H](C)C(=O)N2CCC[C@@H]2C(=O)N(C)[C@@H](CC(C)C)C(=O)N(C)[C@@H](CC(C)C)C(=O)N(C)[C@@H](C(C)C)C(=O)N1C. The molecule has 0 saturated carbocycles. The second kappa shape index (κ2) is 34.6. The van der Waals surface area contributed by atoms with Crippen LogP contribution in [0.15, 0.2) is 12.2 Å². The highest BCUT2D eigenvalue weighted by Crippen LogP contribution is 2.28. The number of nitrogens with zero attached hydrogens (tertiary/aromatic N) is 8. The molecule has 2 fully saturated rings. The van der Waals surface area contributed by atoms with Gasteiger partial charge in [0, 0.05) is 55.9 Å². The molecule has 2 heterocycles. The largest absolute Gasteiger partial charge is 0.390 e. The number of hydrogen-bond donors (Lipinski definition) is 4. The zero-order valence-corrected chi connectivity index (χ0v) is 57.1. The summed E-state index contributed by atoms with van der Waals surface area (Å²) in [5.41, 5.74) is 0. The molecule has 0 aromatic carbocycles. The van der Waals surface area contributed by atoms with E-state index in [1.165, 1.54) is 85.7 Å². The molecule has 496 valence electrons. The molecule has 2 aliphatic heterocycles. The predicted molar refractivity (Wildman–Crippen MR) is 336 cm³/mol. The molecule has 23 heteroatoms. The fourth-order valence-corrected chi connectivity index (χ4v) is 11.7. The molecular formula is C64H113N11O12. The van der Waals surface area contributed by atoms with Crippen molar-refractivity contribution in [1.29, 1.82) is 0 Å². The minimum absolute atomic E-state index is 0.0260. The van der Waals surface area contributed by atoms with Crippen LogP contribution in [0.4, 0.5) is 0 Å². The summed E-state index contributed by atoms with van der Waals surface area (Å²) in [7, 11) is 10.1. The molecule has 0 aromatic heterocycles. The smallest absolute Gasteiger partial charge is 0.246 e. The number of hydrogen-bond acceptors (Lipinski definition) is 12. The Labute approximate surface area is 520 Å². The van der Waals surface area contributed by atoms with Crippen molar-refractivity contribution in [1.82, 2.24) is 55.1 Å². The van der Waals surface area contributed by atoms with Crippen LogP contribution in [0.5, 0.6) is 0 Å². The molecule has 2 aliphatic rings. The normalized spacial score (nSPS) is 27.3. The molecule has 0 radical (unpaired) electrons. The summed E-state index contributed by atoms with van der Waals surface area (Å²) in [4.78, 5) is 172. The Morgan fingerprint density at radius 2 is 0.954 bits per heavy atom. The number of carbonyl (C=O) groups is 11. The fourth-order valence-electron chi connectivity index (χ4n) is 11.7. The first kappa shape index (κ1) is 77.0. The van der Waals surface area contributed by atoms with Crippen LogP contribution in [0.3, 0.4) is 0 Å². The van der Waals surface area contributed by atoms with E-state index in [-0.39, 0.29) is 68.7 Å². The average Bonchev–Trinajstić information content (AvgIpc) is 3.87. The van der Waals surface area contributed by atoms with Crippen molar-refractivity contribution in [2.24, 2.45) is 41.4 Å². The molecular weight excluding hydrogens is 1110 g/mol. The van der Waals surface area contributed by atoms with Gasteiger partial charge in [0.15, 0.2) is 0 Å². The van der Waals surface area contributed by atoms with Gasteiger partial charge >= 0.3 is 0 Å². The van der Waals surface area contributed by atoms with Crippen molar-refractivity contribution >= 4 is 65.0 Å². The summed E-state index contributed by atoms with van der Waals surface area (Å²) >= 11 is 0. The van der Waals surface area contributed by atoms with Crippen LogP contribution in [0.2, 0.25) is 0 Å². The maximum atomic E-state index is 15.2. The van der Waals surface area contributed by atoms with Gasteiger partial charge in [0.1, 0.15) is 60.4 Å². The molecule has 12 atom stereocenters. The Bertz CT molecular complexity index is 2410. The zero-order chi connectivity index (χ0) is 67.0. The van der Waals surface area contributed by atoms with Gasteiger partial charge < -0.3 is 60.3 Å². The van der Waals surface area contributed by atoms with Gasteiger partial charge in [0.2, 0.25) is 65.0 Å². The van der Waals surface area contributed by atoms with E-state index in [0.29, 0.717) is 12.8 Å². The number of fused-ring (bicyclic) bond motifs is 1. The molecule has 2 unspecified atom stereocenters. The van der Waals surface area contributed by atoms with Crippen LogP contribution in [-0.2, 0) is 52.7 Å². The fraction of sp³-hybridized carbons (Fsp3) is 0.797. The first-order chi connectivity index (χ1) is 40.3. The summed E-state index contributed by atoms with van der Waals surface area (Å²) < 4.78 is 0. The van der Waals surface area contributed by atoms with Crippen molar-refractivity contribution < 1.29 is 57.8 Å². The Morgan fingerprint density at radius 3 is 1.43 bits per heavy atom. The lowest BCUT2D eigenvalue weighted by molar-refractivity contribution is -0.158. The third-order valence-electron chi connectivity index (χ3n) is 17.1. The number of amides is 11. The minimum atomic E-state index is -1.61. The number of carbonyl (C=O) groups excluding carboxylic acids is 11. The molecule has 2 rings (SSSR count). The quantitative estimate of drug-likeness (QED) is 0.171. The van der Waals surface area contributed by atoms with Gasteiger partial charge in [-0.25, -0.2) is 0 Å². The number of rotatable bonds is 15. The number of nitrogens with one attached hydrogen (secondary N) is 3. The van der Waals surface area contributed by atoms with E-state index in [9.17, 15) is 43.5 Å². The van der Waals surface area contributed by atoms with E-state index in [0.717, 1.165) is 9.80 Å². The zero-order valence-electron chi connectivity index (χ0n) is 57.1. The lowest BCUT2D eigenvalue weighted by atomic mass is 9.91. The van der Waals surface area contributed by atoms with Gasteiger partial charge in [-0.3, -0.25) is 52.7 Å². The Balaban J connectivity index is 3.01. The average molecular weight is 1230 g/mol. The Kier molecular flexibility index (Phi) is 30.6. The first-order valence-corrected chi connectivity index (χ1v) is 31.7. The molecule has 87 heavy (non-hydrogen) atoms. The van der Waals surface area contributed by atoms with Crippen molar-refractivity contribution in [2.45, 2.75) is 229 Å². The van der Waals surface area contributed by atoms with Crippen molar-refractivity contribution in [3.63, 3.8) is 0 Å². The van der Waals surface area contributed by atoms with Crippen LogP contribution in [-0.4, -0.2) is 238 Å². The topological polar surface area (TPSA) is 270 Å². The second-order valence-electron chi connectivity index (χ2n) is 27.1. The molecule has 11 amide bonds.